The van der Waals surface area contributed by atoms with E-state index in [1.54, 1.807) is 19.1 Å². The number of hydrogen-bond donors (Lipinski definition) is 1. The summed E-state index contributed by atoms with van der Waals surface area (Å²) < 4.78 is 9.04. The molecule has 0 aliphatic rings. The minimum Gasteiger partial charge on any atom is -0.469 e. The van der Waals surface area contributed by atoms with Crippen LogP contribution < -0.4 is 0 Å². The number of carbonyl (C=O) groups excluding carboxylic acids is 2. The van der Waals surface area contributed by atoms with Crippen LogP contribution in [0.2, 0.25) is 0 Å². The number of aliphatic hydroxyl groups is 1. The van der Waals surface area contributed by atoms with Crippen molar-refractivity contribution in [2.45, 2.75) is 32.8 Å². The van der Waals surface area contributed by atoms with Crippen LogP contribution in [0.1, 0.15) is 26.7 Å². The molecule has 1 N–H and O–H groups in total. The van der Waals surface area contributed by atoms with E-state index in [1.807, 2.05) is 13.0 Å². The Bertz CT molecular complexity index is 357. The smallest absolute Gasteiger partial charge is 0.333 e. The van der Waals surface area contributed by atoms with E-state index in [-0.39, 0.29) is 18.3 Å². The second-order valence-electron chi connectivity index (χ2n) is 4.33. The largest absolute Gasteiger partial charge is 0.469 e. The quantitative estimate of drug-likeness (QED) is 0.432. The van der Waals surface area contributed by atoms with Crippen LogP contribution in [-0.2, 0) is 19.1 Å². The van der Waals surface area contributed by atoms with Crippen LogP contribution in [0.3, 0.4) is 0 Å². The second kappa shape index (κ2) is 9.33. The molecular formula is C14H22O5. The fraction of sp³-hybridized carbons (Fsp3) is 0.571. The maximum atomic E-state index is 11.1. The van der Waals surface area contributed by atoms with Gasteiger partial charge in [0, 0.05) is 5.57 Å². The van der Waals surface area contributed by atoms with Crippen molar-refractivity contribution < 1.29 is 24.2 Å². The molecule has 0 fully saturated rings. The van der Waals surface area contributed by atoms with E-state index in [4.69, 9.17) is 0 Å². The van der Waals surface area contributed by atoms with Crippen molar-refractivity contribution in [3.63, 3.8) is 0 Å². The van der Waals surface area contributed by atoms with Crippen LogP contribution in [0.5, 0.6) is 0 Å². The first-order valence-electron chi connectivity index (χ1n) is 6.09. The summed E-state index contributed by atoms with van der Waals surface area (Å²) in [4.78, 5) is 22.1. The predicted octanol–water partition coefficient (Wildman–Crippen LogP) is 1.61. The first-order chi connectivity index (χ1) is 8.92. The highest BCUT2D eigenvalue weighted by atomic mass is 16.5. The first-order valence-corrected chi connectivity index (χ1v) is 6.09. The number of rotatable bonds is 7. The third-order valence-corrected chi connectivity index (χ3v) is 2.76. The SMILES string of the molecule is COC(=O)C[C@H](O)[C@H](C)C/C=C/C=C(\C)C(=O)OC. The number of esters is 2. The van der Waals surface area contributed by atoms with Gasteiger partial charge < -0.3 is 14.6 Å². The molecule has 0 aliphatic heterocycles. The highest BCUT2D eigenvalue weighted by Crippen LogP contribution is 2.13. The summed E-state index contributed by atoms with van der Waals surface area (Å²) in [5.41, 5.74) is 0.501. The molecule has 0 aromatic heterocycles. The minimum atomic E-state index is -0.734. The predicted molar refractivity (Wildman–Crippen MR) is 71.3 cm³/mol. The van der Waals surface area contributed by atoms with Gasteiger partial charge in [-0.25, -0.2) is 4.79 Å². The molecular weight excluding hydrogens is 248 g/mol. The summed E-state index contributed by atoms with van der Waals surface area (Å²) in [5, 5.41) is 9.73. The van der Waals surface area contributed by atoms with Gasteiger partial charge in [0.05, 0.1) is 26.7 Å². The zero-order chi connectivity index (χ0) is 14.8. The van der Waals surface area contributed by atoms with E-state index in [0.29, 0.717) is 12.0 Å². The third-order valence-electron chi connectivity index (χ3n) is 2.76. The standard InChI is InChI=1S/C14H22O5/c1-10(12(15)9-13(16)18-3)7-5-6-8-11(2)14(17)19-4/h5-6,8,10,12,15H,7,9H2,1-4H3/b6-5+,11-8+/t10-,12+/m1/s1. The monoisotopic (exact) mass is 270 g/mol. The van der Waals surface area contributed by atoms with Gasteiger partial charge in [0.1, 0.15) is 0 Å². The van der Waals surface area contributed by atoms with Gasteiger partial charge in [0.2, 0.25) is 0 Å². The van der Waals surface area contributed by atoms with Crippen molar-refractivity contribution in [2.75, 3.05) is 14.2 Å². The van der Waals surface area contributed by atoms with Gasteiger partial charge in [-0.05, 0) is 19.3 Å². The van der Waals surface area contributed by atoms with Crippen molar-refractivity contribution in [3.05, 3.63) is 23.8 Å². The fourth-order valence-electron chi connectivity index (χ4n) is 1.35. The molecule has 0 aromatic carbocycles. The molecule has 0 heterocycles. The van der Waals surface area contributed by atoms with Crippen molar-refractivity contribution in [1.82, 2.24) is 0 Å². The molecule has 0 radical (unpaired) electrons. The first kappa shape index (κ1) is 17.4. The van der Waals surface area contributed by atoms with Gasteiger partial charge in [0.15, 0.2) is 0 Å². The molecule has 0 saturated carbocycles. The van der Waals surface area contributed by atoms with E-state index in [1.165, 1.54) is 14.2 Å². The zero-order valence-electron chi connectivity index (χ0n) is 11.9. The molecule has 5 nitrogen and oxygen atoms in total. The van der Waals surface area contributed by atoms with Crippen LogP contribution in [0.4, 0.5) is 0 Å². The summed E-state index contributed by atoms with van der Waals surface area (Å²) in [6.07, 6.45) is 5.06. The van der Waals surface area contributed by atoms with E-state index < -0.39 is 12.1 Å². The molecule has 2 atom stereocenters. The Balaban J connectivity index is 4.18. The lowest BCUT2D eigenvalue weighted by Gasteiger charge is -2.15. The Labute approximate surface area is 113 Å². The van der Waals surface area contributed by atoms with Crippen LogP contribution in [0.25, 0.3) is 0 Å². The van der Waals surface area contributed by atoms with Gasteiger partial charge in [-0.3, -0.25) is 4.79 Å². The van der Waals surface area contributed by atoms with Gasteiger partial charge in [-0.2, -0.15) is 0 Å². The summed E-state index contributed by atoms with van der Waals surface area (Å²) >= 11 is 0. The zero-order valence-corrected chi connectivity index (χ0v) is 11.9. The Kier molecular flexibility index (Phi) is 8.53. The molecule has 108 valence electrons. The van der Waals surface area contributed by atoms with E-state index >= 15 is 0 Å². The number of ether oxygens (including phenoxy) is 2. The molecule has 0 saturated heterocycles. The summed E-state index contributed by atoms with van der Waals surface area (Å²) in [5.74, 6) is -0.865. The van der Waals surface area contributed by atoms with E-state index in [0.717, 1.165) is 0 Å². The van der Waals surface area contributed by atoms with E-state index in [2.05, 4.69) is 9.47 Å². The molecule has 0 rings (SSSR count). The van der Waals surface area contributed by atoms with Gasteiger partial charge >= 0.3 is 11.9 Å². The van der Waals surface area contributed by atoms with Crippen molar-refractivity contribution in [2.24, 2.45) is 5.92 Å². The minimum absolute atomic E-state index is 0.0114. The fourth-order valence-corrected chi connectivity index (χ4v) is 1.35. The van der Waals surface area contributed by atoms with Gasteiger partial charge in [-0.15, -0.1) is 0 Å². The normalized spacial score (nSPS) is 15.1. The summed E-state index contributed by atoms with van der Waals surface area (Å²) in [6, 6.07) is 0. The number of allylic oxidation sites excluding steroid dienone is 3. The number of methoxy groups -OCH3 is 2. The van der Waals surface area contributed by atoms with Crippen LogP contribution >= 0.6 is 0 Å². The molecule has 0 unspecified atom stereocenters. The lowest BCUT2D eigenvalue weighted by atomic mass is 9.98. The average Bonchev–Trinajstić information content (AvgIpc) is 2.41. The molecule has 0 aliphatic carbocycles. The highest BCUT2D eigenvalue weighted by molar-refractivity contribution is 5.87. The van der Waals surface area contributed by atoms with Crippen molar-refractivity contribution in [1.29, 1.82) is 0 Å². The van der Waals surface area contributed by atoms with Crippen molar-refractivity contribution >= 4 is 11.9 Å². The van der Waals surface area contributed by atoms with Crippen molar-refractivity contribution in [3.8, 4) is 0 Å². The summed E-state index contributed by atoms with van der Waals surface area (Å²) in [6.45, 7) is 3.50. The Hall–Kier alpha value is -1.62. The maximum Gasteiger partial charge on any atom is 0.333 e. The highest BCUT2D eigenvalue weighted by Gasteiger charge is 2.17. The topological polar surface area (TPSA) is 72.8 Å². The van der Waals surface area contributed by atoms with Gasteiger partial charge in [-0.1, -0.05) is 25.2 Å². The number of aliphatic hydroxyl groups excluding tert-OH is 1. The van der Waals surface area contributed by atoms with E-state index in [9.17, 15) is 14.7 Å². The number of hydrogen-bond acceptors (Lipinski definition) is 5. The lowest BCUT2D eigenvalue weighted by molar-refractivity contribution is -0.143. The molecule has 19 heavy (non-hydrogen) atoms. The van der Waals surface area contributed by atoms with Crippen LogP contribution in [0.15, 0.2) is 23.8 Å². The van der Waals surface area contributed by atoms with Crippen LogP contribution in [-0.4, -0.2) is 37.4 Å². The Morgan fingerprint density at radius 3 is 2.42 bits per heavy atom. The molecule has 5 heteroatoms. The maximum absolute atomic E-state index is 11.1. The average molecular weight is 270 g/mol. The Morgan fingerprint density at radius 2 is 1.89 bits per heavy atom. The number of carbonyl (C=O) groups is 2. The second-order valence-corrected chi connectivity index (χ2v) is 4.33. The van der Waals surface area contributed by atoms with Gasteiger partial charge in [0.25, 0.3) is 0 Å². The molecule has 0 amide bonds. The molecule has 0 bridgehead atoms. The van der Waals surface area contributed by atoms with Crippen LogP contribution in [0, 0.1) is 5.92 Å². The molecule has 0 spiro atoms. The Morgan fingerprint density at radius 1 is 1.26 bits per heavy atom. The molecule has 0 aromatic rings. The summed E-state index contributed by atoms with van der Waals surface area (Å²) in [7, 11) is 2.62. The lowest BCUT2D eigenvalue weighted by Crippen LogP contribution is -2.21. The third kappa shape index (κ3) is 7.41.